The van der Waals surface area contributed by atoms with Crippen LogP contribution < -0.4 is 5.32 Å². The molecule has 0 radical (unpaired) electrons. The number of aryl methyl sites for hydroxylation is 2. The summed E-state index contributed by atoms with van der Waals surface area (Å²) in [5, 5.41) is 6.88. The molecule has 2 heterocycles. The molecule has 0 spiro atoms. The van der Waals surface area contributed by atoms with E-state index in [9.17, 15) is 4.79 Å². The number of carbonyl (C=O) groups excluding carboxylic acids is 1. The summed E-state index contributed by atoms with van der Waals surface area (Å²) in [6.07, 6.45) is 4.32. The minimum Gasteiger partial charge on any atom is -0.361 e. The fourth-order valence-corrected chi connectivity index (χ4v) is 3.07. The molecule has 138 valence electrons. The molecule has 1 N–H and O–H groups in total. The summed E-state index contributed by atoms with van der Waals surface area (Å²) in [5.74, 6) is 0.762. The van der Waals surface area contributed by atoms with Crippen LogP contribution in [-0.4, -0.2) is 53.7 Å². The summed E-state index contributed by atoms with van der Waals surface area (Å²) < 4.78 is 5.13. The van der Waals surface area contributed by atoms with Gasteiger partial charge in [-0.15, -0.1) is 0 Å². The van der Waals surface area contributed by atoms with Crippen LogP contribution in [0.3, 0.4) is 0 Å². The second-order valence-electron chi connectivity index (χ2n) is 6.56. The standard InChI is InChI=1S/C20H26N4O2/c1-16-19(17(2)26-22-16)15-21-20(25)24-13-11-23(12-14-24)10-6-9-18-7-4-3-5-8-18/h3-9H,10-15H2,1-2H3,(H,21,25). The summed E-state index contributed by atoms with van der Waals surface area (Å²) in [6, 6.07) is 10.3. The van der Waals surface area contributed by atoms with Crippen LogP contribution in [0, 0.1) is 13.8 Å². The van der Waals surface area contributed by atoms with E-state index in [0.717, 1.165) is 49.7 Å². The quantitative estimate of drug-likeness (QED) is 0.897. The van der Waals surface area contributed by atoms with Crippen molar-refractivity contribution in [1.82, 2.24) is 20.3 Å². The van der Waals surface area contributed by atoms with Crippen LogP contribution in [0.4, 0.5) is 4.79 Å². The first-order valence-electron chi connectivity index (χ1n) is 9.02. The zero-order valence-corrected chi connectivity index (χ0v) is 15.4. The minimum atomic E-state index is -0.0236. The molecule has 0 saturated carbocycles. The van der Waals surface area contributed by atoms with E-state index >= 15 is 0 Å². The Morgan fingerprint density at radius 1 is 1.19 bits per heavy atom. The number of hydrogen-bond acceptors (Lipinski definition) is 4. The average Bonchev–Trinajstić information content (AvgIpc) is 2.99. The number of hydrogen-bond donors (Lipinski definition) is 1. The van der Waals surface area contributed by atoms with Crippen molar-refractivity contribution < 1.29 is 9.32 Å². The maximum atomic E-state index is 12.4. The minimum absolute atomic E-state index is 0.0236. The Labute approximate surface area is 154 Å². The second-order valence-corrected chi connectivity index (χ2v) is 6.56. The lowest BCUT2D eigenvalue weighted by molar-refractivity contribution is 0.146. The highest BCUT2D eigenvalue weighted by molar-refractivity contribution is 5.74. The highest BCUT2D eigenvalue weighted by atomic mass is 16.5. The number of benzene rings is 1. The van der Waals surface area contributed by atoms with E-state index in [2.05, 4.69) is 39.7 Å². The van der Waals surface area contributed by atoms with Gasteiger partial charge in [-0.1, -0.05) is 47.6 Å². The van der Waals surface area contributed by atoms with Gasteiger partial charge in [0.25, 0.3) is 0 Å². The molecule has 1 aliphatic heterocycles. The predicted molar refractivity (Wildman–Crippen MR) is 102 cm³/mol. The lowest BCUT2D eigenvalue weighted by Crippen LogP contribution is -2.51. The van der Waals surface area contributed by atoms with Crippen LogP contribution in [0.25, 0.3) is 6.08 Å². The molecule has 26 heavy (non-hydrogen) atoms. The molecule has 0 bridgehead atoms. The molecule has 0 aliphatic carbocycles. The number of urea groups is 1. The number of rotatable bonds is 5. The van der Waals surface area contributed by atoms with Gasteiger partial charge in [-0.05, 0) is 19.4 Å². The Bertz CT molecular complexity index is 727. The van der Waals surface area contributed by atoms with Crippen molar-refractivity contribution in [2.45, 2.75) is 20.4 Å². The van der Waals surface area contributed by atoms with Crippen molar-refractivity contribution in [3.05, 3.63) is 59.0 Å². The summed E-state index contributed by atoms with van der Waals surface area (Å²) in [6.45, 7) is 8.38. The third kappa shape index (κ3) is 4.73. The summed E-state index contributed by atoms with van der Waals surface area (Å²) in [7, 11) is 0. The maximum Gasteiger partial charge on any atom is 0.317 e. The van der Waals surface area contributed by atoms with Gasteiger partial charge in [0.15, 0.2) is 0 Å². The Hall–Kier alpha value is -2.60. The molecule has 0 unspecified atom stereocenters. The first-order chi connectivity index (χ1) is 12.6. The van der Waals surface area contributed by atoms with E-state index in [1.54, 1.807) is 0 Å². The van der Waals surface area contributed by atoms with Gasteiger partial charge in [-0.3, -0.25) is 4.90 Å². The zero-order chi connectivity index (χ0) is 18.4. The molecule has 2 aromatic rings. The van der Waals surface area contributed by atoms with Crippen molar-refractivity contribution in [2.24, 2.45) is 0 Å². The molecule has 6 heteroatoms. The molecule has 0 atom stereocenters. The summed E-state index contributed by atoms with van der Waals surface area (Å²) >= 11 is 0. The molecule has 3 rings (SSSR count). The number of nitrogens with one attached hydrogen (secondary N) is 1. The van der Waals surface area contributed by atoms with Crippen molar-refractivity contribution >= 4 is 12.1 Å². The Morgan fingerprint density at radius 3 is 2.58 bits per heavy atom. The number of nitrogens with zero attached hydrogens (tertiary/aromatic N) is 3. The van der Waals surface area contributed by atoms with Crippen LogP contribution in [0.1, 0.15) is 22.6 Å². The second kappa shape index (κ2) is 8.67. The molecule has 1 aromatic carbocycles. The van der Waals surface area contributed by atoms with Gasteiger partial charge in [0, 0.05) is 44.8 Å². The van der Waals surface area contributed by atoms with E-state index < -0.39 is 0 Å². The summed E-state index contributed by atoms with van der Waals surface area (Å²) in [4.78, 5) is 16.6. The highest BCUT2D eigenvalue weighted by Crippen LogP contribution is 2.12. The monoisotopic (exact) mass is 354 g/mol. The molecular formula is C20H26N4O2. The van der Waals surface area contributed by atoms with Gasteiger partial charge < -0.3 is 14.7 Å². The zero-order valence-electron chi connectivity index (χ0n) is 15.4. The van der Waals surface area contributed by atoms with Gasteiger partial charge in [-0.2, -0.15) is 0 Å². The van der Waals surface area contributed by atoms with E-state index in [0.29, 0.717) is 6.54 Å². The summed E-state index contributed by atoms with van der Waals surface area (Å²) in [5.41, 5.74) is 3.01. The van der Waals surface area contributed by atoms with Crippen molar-refractivity contribution in [1.29, 1.82) is 0 Å². The normalized spacial score (nSPS) is 15.5. The fraction of sp³-hybridized carbons (Fsp3) is 0.400. The van der Waals surface area contributed by atoms with Gasteiger partial charge in [0.2, 0.25) is 0 Å². The predicted octanol–water partition coefficient (Wildman–Crippen LogP) is 2.83. The Kier molecular flexibility index (Phi) is 6.07. The SMILES string of the molecule is Cc1noc(C)c1CNC(=O)N1CCN(CC=Cc2ccccc2)CC1. The smallest absolute Gasteiger partial charge is 0.317 e. The van der Waals surface area contributed by atoms with Gasteiger partial charge in [-0.25, -0.2) is 4.79 Å². The van der Waals surface area contributed by atoms with Crippen molar-refractivity contribution in [2.75, 3.05) is 32.7 Å². The number of amides is 2. The van der Waals surface area contributed by atoms with Crippen LogP contribution in [0.15, 0.2) is 40.9 Å². The lowest BCUT2D eigenvalue weighted by atomic mass is 10.2. The molecular weight excluding hydrogens is 328 g/mol. The molecule has 2 amide bonds. The Balaban J connectivity index is 1.40. The highest BCUT2D eigenvalue weighted by Gasteiger charge is 2.20. The third-order valence-corrected chi connectivity index (χ3v) is 4.73. The molecule has 1 aliphatic rings. The van der Waals surface area contributed by atoms with Gasteiger partial charge in [0.1, 0.15) is 5.76 Å². The molecule has 1 aromatic heterocycles. The maximum absolute atomic E-state index is 12.4. The molecule has 6 nitrogen and oxygen atoms in total. The van der Waals surface area contributed by atoms with E-state index in [4.69, 9.17) is 4.52 Å². The lowest BCUT2D eigenvalue weighted by Gasteiger charge is -2.34. The van der Waals surface area contributed by atoms with E-state index in [1.165, 1.54) is 5.56 Å². The largest absolute Gasteiger partial charge is 0.361 e. The fourth-order valence-electron chi connectivity index (χ4n) is 3.07. The van der Waals surface area contributed by atoms with Crippen LogP contribution >= 0.6 is 0 Å². The van der Waals surface area contributed by atoms with Crippen molar-refractivity contribution in [3.63, 3.8) is 0 Å². The van der Waals surface area contributed by atoms with Crippen molar-refractivity contribution in [3.8, 4) is 0 Å². The molecule has 1 fully saturated rings. The Morgan fingerprint density at radius 2 is 1.92 bits per heavy atom. The first kappa shape index (κ1) is 18.2. The number of aromatic nitrogens is 1. The first-order valence-corrected chi connectivity index (χ1v) is 9.02. The number of piperazine rings is 1. The molecule has 1 saturated heterocycles. The van der Waals surface area contributed by atoms with E-state index in [1.807, 2.05) is 36.9 Å². The van der Waals surface area contributed by atoms with Crippen LogP contribution in [-0.2, 0) is 6.54 Å². The average molecular weight is 354 g/mol. The van der Waals surface area contributed by atoms with Crippen LogP contribution in [0.2, 0.25) is 0 Å². The van der Waals surface area contributed by atoms with Gasteiger partial charge >= 0.3 is 6.03 Å². The van der Waals surface area contributed by atoms with E-state index in [-0.39, 0.29) is 6.03 Å². The number of carbonyl (C=O) groups is 1. The topological polar surface area (TPSA) is 61.6 Å². The third-order valence-electron chi connectivity index (χ3n) is 4.73. The van der Waals surface area contributed by atoms with Crippen LogP contribution in [0.5, 0.6) is 0 Å². The van der Waals surface area contributed by atoms with Gasteiger partial charge in [0.05, 0.1) is 5.69 Å².